The molecular formula is C20H23ClN6O2. The van der Waals surface area contributed by atoms with Gasteiger partial charge in [0.2, 0.25) is 5.82 Å². The number of nitrogens with zero attached hydrogens (tertiary/aromatic N) is 5. The molecule has 0 bridgehead atoms. The topological polar surface area (TPSA) is 84.7 Å². The molecule has 1 saturated heterocycles. The van der Waals surface area contributed by atoms with Crippen molar-refractivity contribution in [2.24, 2.45) is 0 Å². The summed E-state index contributed by atoms with van der Waals surface area (Å²) in [4.78, 5) is 23.7. The molecule has 152 valence electrons. The van der Waals surface area contributed by atoms with E-state index in [1.807, 2.05) is 44.2 Å². The van der Waals surface area contributed by atoms with Crippen LogP contribution in [-0.2, 0) is 4.74 Å². The summed E-state index contributed by atoms with van der Waals surface area (Å²) in [6, 6.07) is 9.56. The smallest absolute Gasteiger partial charge is 0.291 e. The summed E-state index contributed by atoms with van der Waals surface area (Å²) in [5.41, 5.74) is 2.69. The van der Waals surface area contributed by atoms with E-state index in [0.29, 0.717) is 30.6 Å². The van der Waals surface area contributed by atoms with E-state index in [-0.39, 0.29) is 17.8 Å². The number of fused-ring (bicyclic) bond motifs is 1. The largest absolute Gasteiger partial charge is 0.379 e. The van der Waals surface area contributed by atoms with Crippen molar-refractivity contribution in [3.05, 3.63) is 58.1 Å². The lowest BCUT2D eigenvalue weighted by Gasteiger charge is -2.35. The van der Waals surface area contributed by atoms with Gasteiger partial charge in [-0.3, -0.25) is 9.69 Å². The number of carbonyl (C=O) groups is 1. The van der Waals surface area contributed by atoms with E-state index in [9.17, 15) is 4.79 Å². The number of rotatable bonds is 5. The number of hydrogen-bond acceptors (Lipinski definition) is 6. The quantitative estimate of drug-likeness (QED) is 0.689. The second-order valence-corrected chi connectivity index (χ2v) is 7.49. The summed E-state index contributed by atoms with van der Waals surface area (Å²) < 4.78 is 7.05. The predicted molar refractivity (Wildman–Crippen MR) is 109 cm³/mol. The first-order valence-corrected chi connectivity index (χ1v) is 9.96. The average molecular weight is 415 g/mol. The molecule has 1 amide bonds. The molecule has 0 unspecified atom stereocenters. The van der Waals surface area contributed by atoms with Crippen molar-refractivity contribution in [2.45, 2.75) is 19.9 Å². The van der Waals surface area contributed by atoms with Crippen LogP contribution in [0.5, 0.6) is 0 Å². The third kappa shape index (κ3) is 4.24. The number of hydrogen-bond donors (Lipinski definition) is 1. The van der Waals surface area contributed by atoms with E-state index >= 15 is 0 Å². The van der Waals surface area contributed by atoms with Crippen LogP contribution in [-0.4, -0.2) is 63.2 Å². The summed E-state index contributed by atoms with van der Waals surface area (Å²) in [5, 5.41) is 7.96. The Kier molecular flexibility index (Phi) is 5.75. The van der Waals surface area contributed by atoms with Crippen LogP contribution in [0.15, 0.2) is 30.3 Å². The Hall–Kier alpha value is -2.55. The maximum atomic E-state index is 12.8. The number of ether oxygens (including phenoxy) is 1. The van der Waals surface area contributed by atoms with Gasteiger partial charge < -0.3 is 10.1 Å². The highest BCUT2D eigenvalue weighted by Gasteiger charge is 2.25. The van der Waals surface area contributed by atoms with E-state index in [0.717, 1.165) is 30.0 Å². The molecule has 0 aliphatic carbocycles. The fourth-order valence-corrected chi connectivity index (χ4v) is 3.86. The van der Waals surface area contributed by atoms with Gasteiger partial charge in [0, 0.05) is 36.0 Å². The van der Waals surface area contributed by atoms with Gasteiger partial charge in [-0.2, -0.15) is 4.98 Å². The molecule has 9 heteroatoms. The number of amides is 1. The van der Waals surface area contributed by atoms with E-state index in [1.165, 1.54) is 0 Å². The number of nitrogens with one attached hydrogen (secondary N) is 1. The Morgan fingerprint density at radius 2 is 2.00 bits per heavy atom. The molecule has 0 saturated carbocycles. The van der Waals surface area contributed by atoms with Crippen LogP contribution < -0.4 is 5.32 Å². The third-order valence-electron chi connectivity index (χ3n) is 5.03. The molecular weight excluding hydrogens is 392 g/mol. The summed E-state index contributed by atoms with van der Waals surface area (Å²) in [6.45, 7) is 7.06. The minimum absolute atomic E-state index is 0.0595. The minimum atomic E-state index is -0.335. The van der Waals surface area contributed by atoms with E-state index in [2.05, 4.69) is 25.3 Å². The Balaban J connectivity index is 1.54. The molecule has 1 aromatic carbocycles. The average Bonchev–Trinajstić information content (AvgIpc) is 3.14. The van der Waals surface area contributed by atoms with Crippen molar-refractivity contribution in [3.8, 4) is 0 Å². The summed E-state index contributed by atoms with van der Waals surface area (Å²) in [7, 11) is 0. The molecule has 1 aliphatic heterocycles. The van der Waals surface area contributed by atoms with Gasteiger partial charge in [-0.1, -0.05) is 29.8 Å². The van der Waals surface area contributed by atoms with Crippen LogP contribution in [0.25, 0.3) is 5.78 Å². The molecule has 29 heavy (non-hydrogen) atoms. The number of aromatic nitrogens is 4. The van der Waals surface area contributed by atoms with Gasteiger partial charge in [0.25, 0.3) is 11.7 Å². The first-order chi connectivity index (χ1) is 14.0. The second kappa shape index (κ2) is 8.44. The zero-order valence-corrected chi connectivity index (χ0v) is 17.2. The Morgan fingerprint density at radius 3 is 2.76 bits per heavy atom. The molecule has 8 nitrogen and oxygen atoms in total. The van der Waals surface area contributed by atoms with Crippen LogP contribution in [0.4, 0.5) is 0 Å². The van der Waals surface area contributed by atoms with Crippen molar-refractivity contribution >= 4 is 23.3 Å². The second-order valence-electron chi connectivity index (χ2n) is 7.08. The number of halogens is 1. The molecule has 1 N–H and O–H groups in total. The molecule has 1 atom stereocenters. The first kappa shape index (κ1) is 19.8. The van der Waals surface area contributed by atoms with E-state index in [4.69, 9.17) is 16.3 Å². The van der Waals surface area contributed by atoms with Crippen LogP contribution >= 0.6 is 11.6 Å². The van der Waals surface area contributed by atoms with E-state index in [1.54, 1.807) is 4.52 Å². The molecule has 1 fully saturated rings. The SMILES string of the molecule is Cc1cc(C)n2nc(C(=O)NC[C@H](c3ccccc3Cl)N3CCOCC3)nc2n1. The van der Waals surface area contributed by atoms with Gasteiger partial charge in [0.05, 0.1) is 19.3 Å². The lowest BCUT2D eigenvalue weighted by atomic mass is 10.0. The maximum Gasteiger partial charge on any atom is 0.291 e. The first-order valence-electron chi connectivity index (χ1n) is 9.58. The fraction of sp³-hybridized carbons (Fsp3) is 0.400. The normalized spacial score (nSPS) is 16.1. The van der Waals surface area contributed by atoms with Crippen LogP contribution in [0.2, 0.25) is 5.02 Å². The number of morpholine rings is 1. The standard InChI is InChI=1S/C20H23ClN6O2/c1-13-11-14(2)27-20(23-13)24-18(25-27)19(28)22-12-17(26-7-9-29-10-8-26)15-5-3-4-6-16(15)21/h3-6,11,17H,7-10,12H2,1-2H3,(H,22,28)/t17-/m1/s1. The lowest BCUT2D eigenvalue weighted by Crippen LogP contribution is -2.44. The Labute approximate surface area is 173 Å². The number of aryl methyl sites for hydroxylation is 2. The zero-order valence-electron chi connectivity index (χ0n) is 16.4. The van der Waals surface area contributed by atoms with Gasteiger partial charge >= 0.3 is 0 Å². The van der Waals surface area contributed by atoms with Crippen LogP contribution in [0.1, 0.15) is 33.6 Å². The summed E-state index contributed by atoms with van der Waals surface area (Å²) >= 11 is 6.45. The number of carbonyl (C=O) groups excluding carboxylic acids is 1. The zero-order chi connectivity index (χ0) is 20.4. The van der Waals surface area contributed by atoms with Gasteiger partial charge in [0.1, 0.15) is 0 Å². The van der Waals surface area contributed by atoms with Crippen LogP contribution in [0, 0.1) is 13.8 Å². The van der Waals surface area contributed by atoms with Gasteiger partial charge in [-0.05, 0) is 31.5 Å². The van der Waals surface area contributed by atoms with Crippen molar-refractivity contribution in [1.82, 2.24) is 29.8 Å². The lowest BCUT2D eigenvalue weighted by molar-refractivity contribution is 0.0162. The molecule has 4 rings (SSSR count). The molecule has 3 heterocycles. The summed E-state index contributed by atoms with van der Waals surface area (Å²) in [6.07, 6.45) is 0. The highest BCUT2D eigenvalue weighted by atomic mass is 35.5. The third-order valence-corrected chi connectivity index (χ3v) is 5.37. The minimum Gasteiger partial charge on any atom is -0.379 e. The highest BCUT2D eigenvalue weighted by Crippen LogP contribution is 2.27. The van der Waals surface area contributed by atoms with Crippen molar-refractivity contribution in [2.75, 3.05) is 32.8 Å². The molecule has 0 radical (unpaired) electrons. The maximum absolute atomic E-state index is 12.8. The van der Waals surface area contributed by atoms with Gasteiger partial charge in [-0.15, -0.1) is 5.10 Å². The Morgan fingerprint density at radius 1 is 1.24 bits per heavy atom. The van der Waals surface area contributed by atoms with Gasteiger partial charge in [0.15, 0.2) is 0 Å². The Bertz CT molecular complexity index is 1030. The van der Waals surface area contributed by atoms with Crippen molar-refractivity contribution in [3.63, 3.8) is 0 Å². The number of benzene rings is 1. The molecule has 3 aromatic rings. The monoisotopic (exact) mass is 414 g/mol. The molecule has 1 aliphatic rings. The van der Waals surface area contributed by atoms with Crippen LogP contribution in [0.3, 0.4) is 0 Å². The fourth-order valence-electron chi connectivity index (χ4n) is 3.60. The van der Waals surface area contributed by atoms with E-state index < -0.39 is 0 Å². The van der Waals surface area contributed by atoms with Gasteiger partial charge in [-0.25, -0.2) is 9.50 Å². The summed E-state index contributed by atoms with van der Waals surface area (Å²) in [5.74, 6) is 0.187. The molecule has 2 aromatic heterocycles. The van der Waals surface area contributed by atoms with Crippen molar-refractivity contribution < 1.29 is 9.53 Å². The predicted octanol–water partition coefficient (Wildman–Crippen LogP) is 2.20. The highest BCUT2D eigenvalue weighted by molar-refractivity contribution is 6.31. The molecule has 0 spiro atoms. The van der Waals surface area contributed by atoms with Crippen molar-refractivity contribution in [1.29, 1.82) is 0 Å².